The summed E-state index contributed by atoms with van der Waals surface area (Å²) < 4.78 is 0. The Hall–Kier alpha value is -2.70. The van der Waals surface area contributed by atoms with Crippen molar-refractivity contribution in [2.24, 2.45) is 0 Å². The molecule has 0 unspecified atom stereocenters. The van der Waals surface area contributed by atoms with Crippen LogP contribution in [0.5, 0.6) is 0 Å². The third-order valence-corrected chi connectivity index (χ3v) is 3.77. The van der Waals surface area contributed by atoms with Gasteiger partial charge in [0, 0.05) is 17.4 Å². The first-order valence-electron chi connectivity index (χ1n) is 7.35. The van der Waals surface area contributed by atoms with Crippen molar-refractivity contribution in [3.05, 3.63) is 76.3 Å². The zero-order chi connectivity index (χ0) is 17.6. The summed E-state index contributed by atoms with van der Waals surface area (Å²) in [4.78, 5) is 24.8. The van der Waals surface area contributed by atoms with E-state index in [0.717, 1.165) is 5.69 Å². The monoisotopic (exact) mass is 373 g/mol. The zero-order valence-electron chi connectivity index (χ0n) is 12.9. The van der Waals surface area contributed by atoms with Gasteiger partial charge in [-0.15, -0.1) is 0 Å². The van der Waals surface area contributed by atoms with E-state index in [9.17, 15) is 4.79 Å². The molecule has 0 saturated heterocycles. The molecule has 3 aromatic rings. The minimum absolute atomic E-state index is 0.213. The second kappa shape index (κ2) is 7.92. The van der Waals surface area contributed by atoms with Gasteiger partial charge < -0.3 is 10.6 Å². The number of carbonyl (C=O) groups excluding carboxylic acids is 1. The van der Waals surface area contributed by atoms with Gasteiger partial charge in [0.1, 0.15) is 5.69 Å². The van der Waals surface area contributed by atoms with Crippen molar-refractivity contribution in [2.45, 2.75) is 6.54 Å². The number of amides is 1. The van der Waals surface area contributed by atoms with Crippen LogP contribution in [0.15, 0.2) is 54.9 Å². The Morgan fingerprint density at radius 3 is 2.68 bits per heavy atom. The molecule has 6 nitrogen and oxygen atoms in total. The van der Waals surface area contributed by atoms with Crippen LogP contribution in [0.1, 0.15) is 16.2 Å². The quantitative estimate of drug-likeness (QED) is 0.705. The third-order valence-electron chi connectivity index (χ3n) is 3.22. The molecule has 0 aliphatic carbocycles. The summed E-state index contributed by atoms with van der Waals surface area (Å²) >= 11 is 11.9. The van der Waals surface area contributed by atoms with Crippen molar-refractivity contribution < 1.29 is 4.79 Å². The van der Waals surface area contributed by atoms with E-state index in [1.54, 1.807) is 24.4 Å². The lowest BCUT2D eigenvalue weighted by atomic mass is 10.3. The average molecular weight is 374 g/mol. The Bertz CT molecular complexity index is 889. The van der Waals surface area contributed by atoms with E-state index in [2.05, 4.69) is 25.6 Å². The highest BCUT2D eigenvalue weighted by Crippen LogP contribution is 2.25. The van der Waals surface area contributed by atoms with E-state index < -0.39 is 5.91 Å². The smallest absolute Gasteiger partial charge is 0.274 e. The molecule has 2 aromatic heterocycles. The molecular formula is C17H13Cl2N5O. The number of carbonyl (C=O) groups is 1. The number of nitrogens with zero attached hydrogens (tertiary/aromatic N) is 3. The molecule has 0 fully saturated rings. The molecule has 0 spiro atoms. The summed E-state index contributed by atoms with van der Waals surface area (Å²) in [5.41, 5.74) is 1.51. The average Bonchev–Trinajstić information content (AvgIpc) is 2.63. The van der Waals surface area contributed by atoms with E-state index in [1.807, 2.05) is 18.2 Å². The fraction of sp³-hybridized carbons (Fsp3) is 0.0588. The topological polar surface area (TPSA) is 79.8 Å². The van der Waals surface area contributed by atoms with Crippen LogP contribution in [-0.2, 0) is 6.54 Å². The zero-order valence-corrected chi connectivity index (χ0v) is 14.4. The van der Waals surface area contributed by atoms with Crippen molar-refractivity contribution >= 4 is 40.7 Å². The van der Waals surface area contributed by atoms with Gasteiger partial charge in [0.2, 0.25) is 5.95 Å². The highest BCUT2D eigenvalue weighted by molar-refractivity contribution is 6.36. The Balaban J connectivity index is 1.69. The number of nitrogens with one attached hydrogen (secondary N) is 2. The summed E-state index contributed by atoms with van der Waals surface area (Å²) in [6, 6.07) is 12.0. The maximum absolute atomic E-state index is 12.3. The molecule has 0 bridgehead atoms. The largest absolute Gasteiger partial charge is 0.349 e. The van der Waals surface area contributed by atoms with E-state index in [4.69, 9.17) is 23.2 Å². The first-order valence-corrected chi connectivity index (χ1v) is 8.10. The molecule has 0 saturated carbocycles. The normalized spacial score (nSPS) is 10.3. The molecule has 1 amide bonds. The van der Waals surface area contributed by atoms with Gasteiger partial charge >= 0.3 is 0 Å². The summed E-state index contributed by atoms with van der Waals surface area (Å²) in [5.74, 6) is -0.0620. The van der Waals surface area contributed by atoms with Crippen LogP contribution in [0.3, 0.4) is 0 Å². The highest BCUT2D eigenvalue weighted by Gasteiger charge is 2.11. The van der Waals surface area contributed by atoms with Gasteiger partial charge in [0.25, 0.3) is 5.91 Å². The molecular weight excluding hydrogens is 361 g/mol. The summed E-state index contributed by atoms with van der Waals surface area (Å²) in [6.07, 6.45) is 3.21. The number of hydrogen-bond acceptors (Lipinski definition) is 5. The van der Waals surface area contributed by atoms with Crippen molar-refractivity contribution in [2.75, 3.05) is 10.6 Å². The predicted molar refractivity (Wildman–Crippen MR) is 98.0 cm³/mol. The van der Waals surface area contributed by atoms with Gasteiger partial charge in [0.15, 0.2) is 0 Å². The fourth-order valence-corrected chi connectivity index (χ4v) is 2.48. The molecule has 25 heavy (non-hydrogen) atoms. The van der Waals surface area contributed by atoms with E-state index in [-0.39, 0.29) is 5.69 Å². The molecule has 0 aliphatic heterocycles. The Kier molecular flexibility index (Phi) is 5.42. The van der Waals surface area contributed by atoms with Crippen LogP contribution in [-0.4, -0.2) is 20.9 Å². The van der Waals surface area contributed by atoms with Crippen LogP contribution in [0.25, 0.3) is 0 Å². The maximum atomic E-state index is 12.3. The second-order valence-corrected chi connectivity index (χ2v) is 5.86. The van der Waals surface area contributed by atoms with Gasteiger partial charge in [-0.25, -0.2) is 9.97 Å². The molecule has 0 aliphatic rings. The Labute approximate surface area is 154 Å². The lowest BCUT2D eigenvalue weighted by Crippen LogP contribution is -2.15. The second-order valence-electron chi connectivity index (χ2n) is 5.02. The number of pyridine rings is 1. The number of anilines is 2. The third kappa shape index (κ3) is 4.65. The molecule has 126 valence electrons. The van der Waals surface area contributed by atoms with Gasteiger partial charge in [-0.3, -0.25) is 9.78 Å². The maximum Gasteiger partial charge on any atom is 0.274 e. The number of hydrogen-bond donors (Lipinski definition) is 2. The minimum Gasteiger partial charge on any atom is -0.349 e. The minimum atomic E-state index is -0.396. The van der Waals surface area contributed by atoms with Crippen molar-refractivity contribution in [1.29, 1.82) is 0 Å². The van der Waals surface area contributed by atoms with Gasteiger partial charge in [-0.2, -0.15) is 0 Å². The predicted octanol–water partition coefficient (Wildman–Crippen LogP) is 4.04. The van der Waals surface area contributed by atoms with Crippen LogP contribution in [0, 0.1) is 0 Å². The van der Waals surface area contributed by atoms with Crippen molar-refractivity contribution in [3.63, 3.8) is 0 Å². The fourth-order valence-electron chi connectivity index (χ4n) is 2.02. The van der Waals surface area contributed by atoms with Gasteiger partial charge in [-0.05, 0) is 36.4 Å². The number of aromatic nitrogens is 3. The summed E-state index contributed by atoms with van der Waals surface area (Å²) in [7, 11) is 0. The molecule has 2 N–H and O–H groups in total. The lowest BCUT2D eigenvalue weighted by molar-refractivity contribution is 0.102. The summed E-state index contributed by atoms with van der Waals surface area (Å²) in [6.45, 7) is 0.453. The molecule has 3 rings (SSSR count). The van der Waals surface area contributed by atoms with Crippen molar-refractivity contribution in [1.82, 2.24) is 15.0 Å². The number of rotatable bonds is 5. The van der Waals surface area contributed by atoms with Crippen LogP contribution in [0.4, 0.5) is 11.6 Å². The lowest BCUT2D eigenvalue weighted by Gasteiger charge is -2.08. The molecule has 1 aromatic carbocycles. The van der Waals surface area contributed by atoms with Crippen molar-refractivity contribution in [3.8, 4) is 0 Å². The van der Waals surface area contributed by atoms with Gasteiger partial charge in [0.05, 0.1) is 22.9 Å². The highest BCUT2D eigenvalue weighted by atomic mass is 35.5. The Morgan fingerprint density at radius 1 is 1.04 bits per heavy atom. The van der Waals surface area contributed by atoms with Crippen LogP contribution < -0.4 is 10.6 Å². The Morgan fingerprint density at radius 2 is 1.92 bits per heavy atom. The SMILES string of the molecule is O=C(Nc1ccc(Cl)cc1Cl)c1ccnc(NCc2ccccn2)n1. The van der Waals surface area contributed by atoms with E-state index >= 15 is 0 Å². The van der Waals surface area contributed by atoms with Gasteiger partial charge in [-0.1, -0.05) is 29.3 Å². The standard InChI is InChI=1S/C17H13Cl2N5O/c18-11-4-5-14(13(19)9-11)23-16(25)15-6-8-21-17(24-15)22-10-12-3-1-2-7-20-12/h1-9H,10H2,(H,23,25)(H,21,22,24). The van der Waals surface area contributed by atoms with Crippen LogP contribution in [0.2, 0.25) is 10.0 Å². The van der Waals surface area contributed by atoms with E-state index in [1.165, 1.54) is 12.3 Å². The first kappa shape index (κ1) is 17.1. The molecule has 8 heteroatoms. The molecule has 0 radical (unpaired) electrons. The number of halogens is 2. The van der Waals surface area contributed by atoms with Crippen LogP contribution >= 0.6 is 23.2 Å². The summed E-state index contributed by atoms with van der Waals surface area (Å²) in [5, 5.41) is 6.57. The first-order chi connectivity index (χ1) is 12.1. The molecule has 0 atom stereocenters. The van der Waals surface area contributed by atoms with E-state index in [0.29, 0.717) is 28.2 Å². The molecule has 2 heterocycles. The number of benzene rings is 1.